The number of hydrogen-bond acceptors (Lipinski definition) is 4. The summed E-state index contributed by atoms with van der Waals surface area (Å²) in [5.41, 5.74) is -2.70. The molecule has 0 spiro atoms. The van der Waals surface area contributed by atoms with Gasteiger partial charge in [0.2, 0.25) is 0 Å². The van der Waals surface area contributed by atoms with Crippen LogP contribution in [-0.4, -0.2) is 26.9 Å². The SMILES string of the molecule is COc1cccc(-c2cc(C(F)(F)F)nc(-n3nccc3C(F)(F)F)n2)c1. The molecule has 2 aromatic heterocycles. The number of aromatic nitrogens is 4. The van der Waals surface area contributed by atoms with Crippen LogP contribution in [0.5, 0.6) is 5.75 Å². The molecule has 0 bridgehead atoms. The van der Waals surface area contributed by atoms with Crippen LogP contribution in [0.25, 0.3) is 17.2 Å². The van der Waals surface area contributed by atoms with Crippen molar-refractivity contribution in [3.05, 3.63) is 54.0 Å². The van der Waals surface area contributed by atoms with E-state index >= 15 is 0 Å². The summed E-state index contributed by atoms with van der Waals surface area (Å²) in [5.74, 6) is -0.503. The number of ether oxygens (including phenoxy) is 1. The predicted octanol–water partition coefficient (Wildman–Crippen LogP) is 4.38. The second-order valence-electron chi connectivity index (χ2n) is 5.29. The van der Waals surface area contributed by atoms with Crippen LogP contribution in [-0.2, 0) is 12.4 Å². The van der Waals surface area contributed by atoms with Crippen molar-refractivity contribution in [1.82, 2.24) is 19.7 Å². The highest BCUT2D eigenvalue weighted by molar-refractivity contribution is 5.62. The van der Waals surface area contributed by atoms with E-state index in [0.717, 1.165) is 6.20 Å². The maximum Gasteiger partial charge on any atom is 0.433 e. The zero-order valence-corrected chi connectivity index (χ0v) is 13.5. The van der Waals surface area contributed by atoms with Crippen molar-refractivity contribution in [2.45, 2.75) is 12.4 Å². The highest BCUT2D eigenvalue weighted by atomic mass is 19.4. The van der Waals surface area contributed by atoms with Gasteiger partial charge in [-0.2, -0.15) is 36.1 Å². The molecule has 2 heterocycles. The predicted molar refractivity (Wildman–Crippen MR) is 81.1 cm³/mol. The number of nitrogens with zero attached hydrogens (tertiary/aromatic N) is 4. The van der Waals surface area contributed by atoms with Crippen LogP contribution in [0.3, 0.4) is 0 Å². The summed E-state index contributed by atoms with van der Waals surface area (Å²) in [5, 5.41) is 3.42. The van der Waals surface area contributed by atoms with Crippen molar-refractivity contribution >= 4 is 0 Å². The van der Waals surface area contributed by atoms with E-state index in [4.69, 9.17) is 4.74 Å². The van der Waals surface area contributed by atoms with E-state index in [2.05, 4.69) is 15.1 Å². The van der Waals surface area contributed by atoms with E-state index in [-0.39, 0.29) is 15.9 Å². The molecular formula is C16H10F6N4O. The van der Waals surface area contributed by atoms with E-state index in [0.29, 0.717) is 17.9 Å². The molecule has 11 heteroatoms. The van der Waals surface area contributed by atoms with Crippen LogP contribution >= 0.6 is 0 Å². The fraction of sp³-hybridized carbons (Fsp3) is 0.188. The maximum absolute atomic E-state index is 13.2. The molecule has 0 radical (unpaired) electrons. The molecule has 0 N–H and O–H groups in total. The van der Waals surface area contributed by atoms with Crippen molar-refractivity contribution in [2.24, 2.45) is 0 Å². The zero-order valence-electron chi connectivity index (χ0n) is 13.5. The molecule has 0 saturated carbocycles. The summed E-state index contributed by atoms with van der Waals surface area (Å²) in [6.07, 6.45) is -8.93. The fourth-order valence-corrected chi connectivity index (χ4v) is 2.28. The number of alkyl halides is 6. The normalized spacial score (nSPS) is 12.3. The van der Waals surface area contributed by atoms with Crippen molar-refractivity contribution < 1.29 is 31.1 Å². The number of rotatable bonds is 3. The van der Waals surface area contributed by atoms with E-state index < -0.39 is 29.7 Å². The first kappa shape index (κ1) is 18.7. The van der Waals surface area contributed by atoms with E-state index in [9.17, 15) is 26.3 Å². The largest absolute Gasteiger partial charge is 0.497 e. The molecule has 1 aromatic carbocycles. The Bertz CT molecular complexity index is 964. The van der Waals surface area contributed by atoms with Gasteiger partial charge in [0.05, 0.1) is 19.0 Å². The van der Waals surface area contributed by atoms with Gasteiger partial charge in [0.25, 0.3) is 5.95 Å². The molecule has 0 saturated heterocycles. The average molecular weight is 388 g/mol. The Kier molecular flexibility index (Phi) is 4.54. The number of benzene rings is 1. The van der Waals surface area contributed by atoms with Gasteiger partial charge >= 0.3 is 12.4 Å². The first-order valence-electron chi connectivity index (χ1n) is 7.32. The maximum atomic E-state index is 13.2. The summed E-state index contributed by atoms with van der Waals surface area (Å²) in [7, 11) is 1.37. The standard InChI is InChI=1S/C16H10F6N4O/c1-27-10-4-2-3-9(7-10)11-8-12(15(17,18)19)25-14(24-11)26-13(5-6-23-26)16(20,21)22/h2-8H,1H3. The van der Waals surface area contributed by atoms with E-state index in [1.54, 1.807) is 6.07 Å². The smallest absolute Gasteiger partial charge is 0.433 e. The van der Waals surface area contributed by atoms with E-state index in [1.807, 2.05) is 0 Å². The molecule has 0 atom stereocenters. The second-order valence-corrected chi connectivity index (χ2v) is 5.29. The van der Waals surface area contributed by atoms with Gasteiger partial charge in [0.15, 0.2) is 11.4 Å². The van der Waals surface area contributed by atoms with Crippen LogP contribution < -0.4 is 4.74 Å². The topological polar surface area (TPSA) is 52.8 Å². The van der Waals surface area contributed by atoms with Crippen LogP contribution in [0.1, 0.15) is 11.4 Å². The molecule has 0 aliphatic rings. The molecule has 0 fully saturated rings. The molecule has 142 valence electrons. The highest BCUT2D eigenvalue weighted by Gasteiger charge is 2.38. The van der Waals surface area contributed by atoms with Gasteiger partial charge in [0, 0.05) is 5.56 Å². The lowest BCUT2D eigenvalue weighted by molar-refractivity contribution is -0.143. The van der Waals surface area contributed by atoms with Gasteiger partial charge in [-0.3, -0.25) is 0 Å². The number of hydrogen-bond donors (Lipinski definition) is 0. The third kappa shape index (κ3) is 3.86. The van der Waals surface area contributed by atoms with Crippen molar-refractivity contribution in [1.29, 1.82) is 0 Å². The molecule has 27 heavy (non-hydrogen) atoms. The third-order valence-corrected chi connectivity index (χ3v) is 3.49. The van der Waals surface area contributed by atoms with Gasteiger partial charge < -0.3 is 4.74 Å². The first-order chi connectivity index (χ1) is 12.6. The number of methoxy groups -OCH3 is 1. The van der Waals surface area contributed by atoms with E-state index in [1.165, 1.54) is 25.3 Å². The Labute approximate surface area is 148 Å². The minimum absolute atomic E-state index is 0.212. The molecule has 0 aliphatic carbocycles. The Balaban J connectivity index is 2.23. The summed E-state index contributed by atoms with van der Waals surface area (Å²) < 4.78 is 84.1. The number of halogens is 6. The minimum atomic E-state index is -4.89. The van der Waals surface area contributed by atoms with Crippen molar-refractivity contribution in [3.8, 4) is 23.0 Å². The lowest BCUT2D eigenvalue weighted by atomic mass is 10.1. The monoisotopic (exact) mass is 388 g/mol. The molecule has 0 aliphatic heterocycles. The Morgan fingerprint density at radius 1 is 0.926 bits per heavy atom. The van der Waals surface area contributed by atoms with Gasteiger partial charge in [-0.05, 0) is 24.3 Å². The summed E-state index contributed by atoms with van der Waals surface area (Å²) in [6.45, 7) is 0. The van der Waals surface area contributed by atoms with Crippen molar-refractivity contribution in [3.63, 3.8) is 0 Å². The summed E-state index contributed by atoms with van der Waals surface area (Å²) in [6, 6.07) is 7.19. The Hall–Kier alpha value is -3.11. The Morgan fingerprint density at radius 3 is 2.30 bits per heavy atom. The molecule has 3 aromatic rings. The molecule has 0 amide bonds. The lowest BCUT2D eigenvalue weighted by Gasteiger charge is -2.13. The van der Waals surface area contributed by atoms with Gasteiger partial charge in [-0.25, -0.2) is 9.97 Å². The minimum Gasteiger partial charge on any atom is -0.497 e. The molecular weight excluding hydrogens is 378 g/mol. The van der Waals surface area contributed by atoms with Crippen LogP contribution in [0, 0.1) is 0 Å². The van der Waals surface area contributed by atoms with Gasteiger partial charge in [-0.15, -0.1) is 0 Å². The summed E-state index contributed by atoms with van der Waals surface area (Å²) >= 11 is 0. The second kappa shape index (κ2) is 6.56. The molecule has 5 nitrogen and oxygen atoms in total. The van der Waals surface area contributed by atoms with Crippen LogP contribution in [0.4, 0.5) is 26.3 Å². The van der Waals surface area contributed by atoms with Gasteiger partial charge in [-0.1, -0.05) is 12.1 Å². The molecule has 0 unspecified atom stereocenters. The van der Waals surface area contributed by atoms with Crippen LogP contribution in [0.2, 0.25) is 0 Å². The van der Waals surface area contributed by atoms with Crippen LogP contribution in [0.15, 0.2) is 42.6 Å². The fourth-order valence-electron chi connectivity index (χ4n) is 2.28. The summed E-state index contributed by atoms with van der Waals surface area (Å²) in [4.78, 5) is 7.07. The third-order valence-electron chi connectivity index (χ3n) is 3.49. The Morgan fingerprint density at radius 2 is 1.67 bits per heavy atom. The average Bonchev–Trinajstić information content (AvgIpc) is 3.11. The lowest BCUT2D eigenvalue weighted by Crippen LogP contribution is -2.18. The zero-order chi connectivity index (χ0) is 19.8. The highest BCUT2D eigenvalue weighted by Crippen LogP contribution is 2.34. The van der Waals surface area contributed by atoms with Crippen molar-refractivity contribution in [2.75, 3.05) is 7.11 Å². The first-order valence-corrected chi connectivity index (χ1v) is 7.32. The molecule has 3 rings (SSSR count). The van der Waals surface area contributed by atoms with Gasteiger partial charge in [0.1, 0.15) is 5.75 Å². The quantitative estimate of drug-likeness (QED) is 0.625.